The molecule has 7 heteroatoms. The van der Waals surface area contributed by atoms with Gasteiger partial charge in [-0.15, -0.1) is 0 Å². The number of halogens is 2. The van der Waals surface area contributed by atoms with E-state index >= 15 is 0 Å². The van der Waals surface area contributed by atoms with Crippen molar-refractivity contribution in [1.29, 1.82) is 0 Å². The lowest BCUT2D eigenvalue weighted by molar-refractivity contribution is -0.137. The highest BCUT2D eigenvalue weighted by Gasteiger charge is 2.11. The molecule has 0 radical (unpaired) electrons. The van der Waals surface area contributed by atoms with Crippen LogP contribution in [-0.4, -0.2) is 21.2 Å². The third-order valence-electron chi connectivity index (χ3n) is 2.68. The zero-order chi connectivity index (χ0) is 14.5. The summed E-state index contributed by atoms with van der Waals surface area (Å²) >= 11 is 0. The van der Waals surface area contributed by atoms with Crippen LogP contribution < -0.4 is 0 Å². The molecule has 106 valence electrons. The minimum Gasteiger partial charge on any atom is -0.481 e. The highest BCUT2D eigenvalue weighted by molar-refractivity contribution is 5.66. The molecule has 5 nitrogen and oxygen atoms in total. The molecule has 2 rings (SSSR count). The van der Waals surface area contributed by atoms with Crippen LogP contribution in [0.1, 0.15) is 25.2 Å². The SMILES string of the molecule is O=C(O)CCCCc1nc(-c2ccc(F)c(F)c2)no1. The lowest BCUT2D eigenvalue weighted by Crippen LogP contribution is -1.95. The molecule has 1 aromatic heterocycles. The van der Waals surface area contributed by atoms with Gasteiger partial charge in [0, 0.05) is 18.4 Å². The van der Waals surface area contributed by atoms with E-state index in [9.17, 15) is 13.6 Å². The predicted molar refractivity (Wildman–Crippen MR) is 64.8 cm³/mol. The lowest BCUT2D eigenvalue weighted by Gasteiger charge is -1.95. The maximum Gasteiger partial charge on any atom is 0.303 e. The van der Waals surface area contributed by atoms with E-state index < -0.39 is 17.6 Å². The molecule has 0 saturated carbocycles. The second-order valence-electron chi connectivity index (χ2n) is 4.24. The Bertz CT molecular complexity index is 613. The van der Waals surface area contributed by atoms with Gasteiger partial charge in [-0.2, -0.15) is 4.98 Å². The second kappa shape index (κ2) is 6.23. The van der Waals surface area contributed by atoms with Crippen LogP contribution in [0.25, 0.3) is 11.4 Å². The number of unbranched alkanes of at least 4 members (excludes halogenated alkanes) is 1. The first-order chi connectivity index (χ1) is 9.56. The Morgan fingerprint density at radius 2 is 2.05 bits per heavy atom. The second-order valence-corrected chi connectivity index (χ2v) is 4.24. The number of nitrogens with zero attached hydrogens (tertiary/aromatic N) is 2. The van der Waals surface area contributed by atoms with Gasteiger partial charge < -0.3 is 9.63 Å². The van der Waals surface area contributed by atoms with E-state index in [0.717, 1.165) is 12.1 Å². The normalized spacial score (nSPS) is 10.7. The Morgan fingerprint density at radius 3 is 2.75 bits per heavy atom. The quantitative estimate of drug-likeness (QED) is 0.824. The summed E-state index contributed by atoms with van der Waals surface area (Å²) in [6.45, 7) is 0. The van der Waals surface area contributed by atoms with Crippen LogP contribution in [-0.2, 0) is 11.2 Å². The zero-order valence-electron chi connectivity index (χ0n) is 10.5. The molecule has 0 saturated heterocycles. The molecule has 0 unspecified atom stereocenters. The van der Waals surface area contributed by atoms with Crippen LogP contribution in [0.2, 0.25) is 0 Å². The molecular formula is C13H12F2N2O3. The van der Waals surface area contributed by atoms with Crippen molar-refractivity contribution in [2.24, 2.45) is 0 Å². The van der Waals surface area contributed by atoms with E-state index in [1.54, 1.807) is 0 Å². The first kappa shape index (κ1) is 14.1. The summed E-state index contributed by atoms with van der Waals surface area (Å²) in [6.07, 6.45) is 1.65. The summed E-state index contributed by atoms with van der Waals surface area (Å²) in [6, 6.07) is 3.35. The van der Waals surface area contributed by atoms with Gasteiger partial charge in [-0.25, -0.2) is 8.78 Å². The van der Waals surface area contributed by atoms with E-state index in [2.05, 4.69) is 10.1 Å². The van der Waals surface area contributed by atoms with Crippen molar-refractivity contribution >= 4 is 5.97 Å². The number of aliphatic carboxylic acids is 1. The molecule has 0 aliphatic carbocycles. The Balaban J connectivity index is 1.97. The molecule has 2 aromatic rings. The first-order valence-corrected chi connectivity index (χ1v) is 6.06. The third kappa shape index (κ3) is 3.59. The zero-order valence-corrected chi connectivity index (χ0v) is 10.5. The summed E-state index contributed by atoms with van der Waals surface area (Å²) in [5.74, 6) is -2.24. The largest absolute Gasteiger partial charge is 0.481 e. The van der Waals surface area contributed by atoms with Crippen LogP contribution in [0.4, 0.5) is 8.78 Å². The van der Waals surface area contributed by atoms with Crippen molar-refractivity contribution in [2.45, 2.75) is 25.7 Å². The average Bonchev–Trinajstić information content (AvgIpc) is 2.86. The molecule has 0 atom stereocenters. The number of aromatic nitrogens is 2. The molecule has 0 spiro atoms. The first-order valence-electron chi connectivity index (χ1n) is 6.06. The summed E-state index contributed by atoms with van der Waals surface area (Å²) in [5.41, 5.74) is 0.324. The number of hydrogen-bond acceptors (Lipinski definition) is 4. The molecule has 1 N–H and O–H groups in total. The number of carbonyl (C=O) groups is 1. The van der Waals surface area contributed by atoms with Gasteiger partial charge >= 0.3 is 5.97 Å². The van der Waals surface area contributed by atoms with Gasteiger partial charge in [0.2, 0.25) is 11.7 Å². The summed E-state index contributed by atoms with van der Waals surface area (Å²) in [7, 11) is 0. The van der Waals surface area contributed by atoms with Gasteiger partial charge in [0.1, 0.15) is 0 Å². The molecule has 0 fully saturated rings. The predicted octanol–water partition coefficient (Wildman–Crippen LogP) is 2.81. The standard InChI is InChI=1S/C13H12F2N2O3/c14-9-6-5-8(7-10(9)15)13-16-11(20-17-13)3-1-2-4-12(18)19/h5-7H,1-4H2,(H,18,19). The maximum absolute atomic E-state index is 13.1. The Kier molecular flexibility index (Phi) is 4.39. The Morgan fingerprint density at radius 1 is 1.25 bits per heavy atom. The highest BCUT2D eigenvalue weighted by atomic mass is 19.2. The number of carboxylic acid groups (broad SMARTS) is 1. The smallest absolute Gasteiger partial charge is 0.303 e. The fourth-order valence-electron chi connectivity index (χ4n) is 1.66. The molecule has 1 heterocycles. The van der Waals surface area contributed by atoms with Gasteiger partial charge in [-0.05, 0) is 31.0 Å². The summed E-state index contributed by atoms with van der Waals surface area (Å²) < 4.78 is 30.9. The number of aryl methyl sites for hydroxylation is 1. The van der Waals surface area contributed by atoms with Crippen molar-refractivity contribution in [3.63, 3.8) is 0 Å². The van der Waals surface area contributed by atoms with Gasteiger partial charge in [-0.1, -0.05) is 5.16 Å². The van der Waals surface area contributed by atoms with Gasteiger partial charge in [0.05, 0.1) is 0 Å². The van der Waals surface area contributed by atoms with Gasteiger partial charge in [-0.3, -0.25) is 4.79 Å². The fourth-order valence-corrected chi connectivity index (χ4v) is 1.66. The van der Waals surface area contributed by atoms with E-state index in [1.807, 2.05) is 0 Å². The molecule has 0 aliphatic heterocycles. The average molecular weight is 282 g/mol. The van der Waals surface area contributed by atoms with E-state index in [1.165, 1.54) is 6.07 Å². The van der Waals surface area contributed by atoms with Crippen molar-refractivity contribution in [3.8, 4) is 11.4 Å². The number of benzene rings is 1. The summed E-state index contributed by atoms with van der Waals surface area (Å²) in [5, 5.41) is 12.2. The van der Waals surface area contributed by atoms with Crippen LogP contribution >= 0.6 is 0 Å². The highest BCUT2D eigenvalue weighted by Crippen LogP contribution is 2.19. The van der Waals surface area contributed by atoms with Crippen LogP contribution in [0, 0.1) is 11.6 Å². The summed E-state index contributed by atoms with van der Waals surface area (Å²) in [4.78, 5) is 14.4. The van der Waals surface area contributed by atoms with Crippen LogP contribution in [0.3, 0.4) is 0 Å². The molecule has 0 bridgehead atoms. The van der Waals surface area contributed by atoms with Crippen molar-refractivity contribution < 1.29 is 23.2 Å². The lowest BCUT2D eigenvalue weighted by atomic mass is 10.2. The number of rotatable bonds is 6. The van der Waals surface area contributed by atoms with E-state index in [4.69, 9.17) is 9.63 Å². The Labute approximate surface area is 113 Å². The van der Waals surface area contributed by atoms with Gasteiger partial charge in [0.25, 0.3) is 0 Å². The molecule has 20 heavy (non-hydrogen) atoms. The van der Waals surface area contributed by atoms with Crippen LogP contribution in [0.5, 0.6) is 0 Å². The third-order valence-corrected chi connectivity index (χ3v) is 2.68. The number of carboxylic acids is 1. The van der Waals surface area contributed by atoms with Crippen LogP contribution in [0.15, 0.2) is 22.7 Å². The van der Waals surface area contributed by atoms with E-state index in [-0.39, 0.29) is 12.2 Å². The van der Waals surface area contributed by atoms with Crippen molar-refractivity contribution in [3.05, 3.63) is 35.7 Å². The van der Waals surface area contributed by atoms with Crippen molar-refractivity contribution in [1.82, 2.24) is 10.1 Å². The van der Waals surface area contributed by atoms with E-state index in [0.29, 0.717) is 30.7 Å². The van der Waals surface area contributed by atoms with Crippen molar-refractivity contribution in [2.75, 3.05) is 0 Å². The maximum atomic E-state index is 13.1. The minimum atomic E-state index is -0.977. The molecule has 0 amide bonds. The number of hydrogen-bond donors (Lipinski definition) is 1. The fraction of sp³-hybridized carbons (Fsp3) is 0.308. The molecular weight excluding hydrogens is 270 g/mol. The minimum absolute atomic E-state index is 0.0875. The molecule has 1 aromatic carbocycles. The van der Waals surface area contributed by atoms with Gasteiger partial charge in [0.15, 0.2) is 11.6 Å². The Hall–Kier alpha value is -2.31. The monoisotopic (exact) mass is 282 g/mol. The molecule has 0 aliphatic rings. The topological polar surface area (TPSA) is 76.2 Å².